The number of anilines is 1. The number of aryl methyl sites for hydroxylation is 1. The Morgan fingerprint density at radius 3 is 2.71 bits per heavy atom. The summed E-state index contributed by atoms with van der Waals surface area (Å²) < 4.78 is 0. The molecule has 1 atom stereocenters. The molecule has 0 amide bonds. The van der Waals surface area contributed by atoms with Crippen LogP contribution in [0.15, 0.2) is 24.3 Å². The van der Waals surface area contributed by atoms with E-state index in [0.717, 1.165) is 35.4 Å². The van der Waals surface area contributed by atoms with Crippen LogP contribution < -0.4 is 5.32 Å². The molecule has 0 aliphatic carbocycles. The van der Waals surface area contributed by atoms with Gasteiger partial charge in [-0.05, 0) is 50.9 Å². The predicted molar refractivity (Wildman–Crippen MR) is 83.1 cm³/mol. The number of hydrogen-bond donors (Lipinski definition) is 2. The molecule has 1 aromatic heterocycles. The largest absolute Gasteiger partial charge is 0.380 e. The molecule has 0 radical (unpaired) electrons. The van der Waals surface area contributed by atoms with E-state index in [1.807, 2.05) is 13.0 Å². The van der Waals surface area contributed by atoms with Gasteiger partial charge in [0.1, 0.15) is 5.82 Å². The van der Waals surface area contributed by atoms with Gasteiger partial charge < -0.3 is 10.2 Å². The molecule has 0 saturated carbocycles. The molecule has 3 aliphatic heterocycles. The standard InChI is InChI=1S/C16H21N5/c1-11-17-16(20-19-11)13-4-2-3-5-14(13)18-15-10-21-8-6-12(15)7-9-21/h2-5,12,15,18H,6-10H2,1H3,(H,17,19,20). The second-order valence-corrected chi connectivity index (χ2v) is 6.18. The van der Waals surface area contributed by atoms with Gasteiger partial charge in [0.15, 0.2) is 5.82 Å². The maximum absolute atomic E-state index is 4.47. The predicted octanol–water partition coefficient (Wildman–Crippen LogP) is 2.29. The summed E-state index contributed by atoms with van der Waals surface area (Å²) in [6.45, 7) is 5.63. The highest BCUT2D eigenvalue weighted by Crippen LogP contribution is 2.32. The monoisotopic (exact) mass is 283 g/mol. The second-order valence-electron chi connectivity index (χ2n) is 6.18. The van der Waals surface area contributed by atoms with Crippen LogP contribution in [0.2, 0.25) is 0 Å². The van der Waals surface area contributed by atoms with Gasteiger partial charge >= 0.3 is 0 Å². The smallest absolute Gasteiger partial charge is 0.183 e. The van der Waals surface area contributed by atoms with E-state index in [1.54, 1.807) is 0 Å². The van der Waals surface area contributed by atoms with Crippen LogP contribution in [0.3, 0.4) is 0 Å². The van der Waals surface area contributed by atoms with Crippen molar-refractivity contribution in [3.63, 3.8) is 0 Å². The Balaban J connectivity index is 1.61. The molecule has 5 nitrogen and oxygen atoms in total. The van der Waals surface area contributed by atoms with Crippen LogP contribution in [-0.2, 0) is 0 Å². The first-order valence-electron chi connectivity index (χ1n) is 7.77. The van der Waals surface area contributed by atoms with E-state index in [1.165, 1.54) is 25.9 Å². The van der Waals surface area contributed by atoms with Crippen molar-refractivity contribution in [2.75, 3.05) is 25.0 Å². The Morgan fingerprint density at radius 2 is 2.05 bits per heavy atom. The molecule has 21 heavy (non-hydrogen) atoms. The number of nitrogens with one attached hydrogen (secondary N) is 2. The van der Waals surface area contributed by atoms with Crippen molar-refractivity contribution < 1.29 is 0 Å². The zero-order chi connectivity index (χ0) is 14.2. The minimum absolute atomic E-state index is 0.550. The molecule has 1 unspecified atom stereocenters. The van der Waals surface area contributed by atoms with Crippen molar-refractivity contribution in [3.05, 3.63) is 30.1 Å². The number of piperidine rings is 3. The average molecular weight is 283 g/mol. The zero-order valence-electron chi connectivity index (χ0n) is 12.3. The maximum Gasteiger partial charge on any atom is 0.183 e. The fourth-order valence-corrected chi connectivity index (χ4v) is 3.60. The van der Waals surface area contributed by atoms with Crippen molar-refractivity contribution in [3.8, 4) is 11.4 Å². The molecule has 2 aromatic rings. The van der Waals surface area contributed by atoms with Crippen molar-refractivity contribution in [1.29, 1.82) is 0 Å². The highest BCUT2D eigenvalue weighted by Gasteiger charge is 2.34. The number of rotatable bonds is 3. The van der Waals surface area contributed by atoms with Crippen LogP contribution in [0.25, 0.3) is 11.4 Å². The molecule has 3 aliphatic rings. The van der Waals surface area contributed by atoms with Crippen LogP contribution in [0, 0.1) is 12.8 Å². The molecule has 5 heteroatoms. The summed E-state index contributed by atoms with van der Waals surface area (Å²) in [7, 11) is 0. The zero-order valence-corrected chi connectivity index (χ0v) is 12.3. The number of hydrogen-bond acceptors (Lipinski definition) is 4. The topological polar surface area (TPSA) is 56.8 Å². The van der Waals surface area contributed by atoms with E-state index < -0.39 is 0 Å². The van der Waals surface area contributed by atoms with Crippen LogP contribution in [0.5, 0.6) is 0 Å². The quantitative estimate of drug-likeness (QED) is 0.907. The van der Waals surface area contributed by atoms with E-state index in [0.29, 0.717) is 6.04 Å². The Kier molecular flexibility index (Phi) is 3.15. The lowest BCUT2D eigenvalue weighted by molar-refractivity contribution is 0.0975. The third-order valence-corrected chi connectivity index (χ3v) is 4.76. The summed E-state index contributed by atoms with van der Waals surface area (Å²) >= 11 is 0. The highest BCUT2D eigenvalue weighted by molar-refractivity contribution is 5.73. The van der Waals surface area contributed by atoms with Crippen molar-refractivity contribution in [1.82, 2.24) is 20.1 Å². The third-order valence-electron chi connectivity index (χ3n) is 4.76. The van der Waals surface area contributed by atoms with Gasteiger partial charge in [-0.25, -0.2) is 4.98 Å². The Bertz CT molecular complexity index is 627. The number of benzene rings is 1. The summed E-state index contributed by atoms with van der Waals surface area (Å²) in [5, 5.41) is 11.0. The van der Waals surface area contributed by atoms with Gasteiger partial charge in [0.05, 0.1) is 0 Å². The third kappa shape index (κ3) is 2.42. The molecule has 3 saturated heterocycles. The molecule has 110 valence electrons. The normalized spacial score (nSPS) is 27.8. The van der Waals surface area contributed by atoms with Gasteiger partial charge in [-0.2, -0.15) is 5.10 Å². The van der Waals surface area contributed by atoms with Gasteiger partial charge in [-0.1, -0.05) is 12.1 Å². The first-order valence-corrected chi connectivity index (χ1v) is 7.77. The molecular formula is C16H21N5. The van der Waals surface area contributed by atoms with E-state index in [9.17, 15) is 0 Å². The first kappa shape index (κ1) is 12.8. The summed E-state index contributed by atoms with van der Waals surface area (Å²) in [6.07, 6.45) is 2.64. The Morgan fingerprint density at radius 1 is 1.24 bits per heavy atom. The van der Waals surface area contributed by atoms with E-state index in [4.69, 9.17) is 0 Å². The van der Waals surface area contributed by atoms with Gasteiger partial charge in [0, 0.05) is 23.8 Å². The molecule has 3 fully saturated rings. The number of H-pyrrole nitrogens is 1. The van der Waals surface area contributed by atoms with Crippen molar-refractivity contribution in [2.45, 2.75) is 25.8 Å². The lowest BCUT2D eigenvalue weighted by Crippen LogP contribution is -2.53. The van der Waals surface area contributed by atoms with E-state index >= 15 is 0 Å². The van der Waals surface area contributed by atoms with Crippen LogP contribution in [0.1, 0.15) is 18.7 Å². The van der Waals surface area contributed by atoms with E-state index in [2.05, 4.69) is 43.6 Å². The molecule has 1 aromatic carbocycles. The fourth-order valence-electron chi connectivity index (χ4n) is 3.60. The lowest BCUT2D eigenvalue weighted by atomic mass is 9.84. The SMILES string of the molecule is Cc1nc(-c2ccccc2NC2CN3CCC2CC3)n[nH]1. The Labute approximate surface area is 124 Å². The number of aromatic amines is 1. The second kappa shape index (κ2) is 5.15. The number of fused-ring (bicyclic) bond motifs is 3. The molecule has 5 rings (SSSR count). The van der Waals surface area contributed by atoms with Crippen LogP contribution in [0.4, 0.5) is 5.69 Å². The molecular weight excluding hydrogens is 262 g/mol. The van der Waals surface area contributed by atoms with E-state index in [-0.39, 0.29) is 0 Å². The van der Waals surface area contributed by atoms with Gasteiger partial charge in [0.25, 0.3) is 0 Å². The summed E-state index contributed by atoms with van der Waals surface area (Å²) in [4.78, 5) is 7.03. The lowest BCUT2D eigenvalue weighted by Gasteiger charge is -2.45. The number of aromatic nitrogens is 3. The van der Waals surface area contributed by atoms with Crippen LogP contribution >= 0.6 is 0 Å². The maximum atomic E-state index is 4.47. The summed E-state index contributed by atoms with van der Waals surface area (Å²) in [5.41, 5.74) is 2.23. The molecule has 4 heterocycles. The van der Waals surface area contributed by atoms with Gasteiger partial charge in [-0.15, -0.1) is 0 Å². The van der Waals surface area contributed by atoms with Crippen molar-refractivity contribution >= 4 is 5.69 Å². The average Bonchev–Trinajstić information content (AvgIpc) is 2.95. The highest BCUT2D eigenvalue weighted by atomic mass is 15.2. The van der Waals surface area contributed by atoms with Gasteiger partial charge in [-0.3, -0.25) is 5.10 Å². The van der Waals surface area contributed by atoms with Crippen molar-refractivity contribution in [2.24, 2.45) is 5.92 Å². The Hall–Kier alpha value is -1.88. The summed E-state index contributed by atoms with van der Waals surface area (Å²) in [5.74, 6) is 2.43. The number of para-hydroxylation sites is 1. The molecule has 2 N–H and O–H groups in total. The first-order chi connectivity index (χ1) is 10.3. The van der Waals surface area contributed by atoms with Gasteiger partial charge in [0.2, 0.25) is 0 Å². The fraction of sp³-hybridized carbons (Fsp3) is 0.500. The molecule has 0 spiro atoms. The summed E-state index contributed by atoms with van der Waals surface area (Å²) in [6, 6.07) is 8.90. The number of nitrogens with zero attached hydrogens (tertiary/aromatic N) is 3. The minimum atomic E-state index is 0.550. The van der Waals surface area contributed by atoms with Crippen LogP contribution in [-0.4, -0.2) is 45.8 Å². The minimum Gasteiger partial charge on any atom is -0.380 e. The molecule has 2 bridgehead atoms.